The summed E-state index contributed by atoms with van der Waals surface area (Å²) in [6.45, 7) is 0. The van der Waals surface area contributed by atoms with Crippen LogP contribution in [0.15, 0.2) is 34.1 Å². The molecule has 2 heterocycles. The molecule has 1 fully saturated rings. The van der Waals surface area contributed by atoms with E-state index in [4.69, 9.17) is 4.42 Å². The third-order valence-corrected chi connectivity index (χ3v) is 4.96. The molecule has 3 rings (SSSR count). The molecule has 0 saturated heterocycles. The molecular formula is C15H16N2O4S. The molecule has 1 aliphatic rings. The highest BCUT2D eigenvalue weighted by Gasteiger charge is 2.29. The molecule has 2 aromatic rings. The van der Waals surface area contributed by atoms with Gasteiger partial charge in [-0.15, -0.1) is 11.3 Å². The number of amides is 1. The van der Waals surface area contributed by atoms with E-state index in [0.29, 0.717) is 5.92 Å². The van der Waals surface area contributed by atoms with Crippen molar-refractivity contribution < 1.29 is 14.1 Å². The number of nitrogens with zero attached hydrogens (tertiary/aromatic N) is 1. The third kappa shape index (κ3) is 3.04. The number of hydrogen-bond donors (Lipinski definition) is 1. The predicted octanol–water partition coefficient (Wildman–Crippen LogP) is 3.91. The zero-order valence-corrected chi connectivity index (χ0v) is 12.7. The maximum atomic E-state index is 12.3. The Bertz CT molecular complexity index is 659. The van der Waals surface area contributed by atoms with E-state index in [-0.39, 0.29) is 11.8 Å². The van der Waals surface area contributed by atoms with Crippen molar-refractivity contribution in [2.75, 3.05) is 0 Å². The van der Waals surface area contributed by atoms with Crippen molar-refractivity contribution in [3.63, 3.8) is 0 Å². The second-order valence-electron chi connectivity index (χ2n) is 5.41. The lowest BCUT2D eigenvalue weighted by atomic mass is 9.96. The maximum Gasteiger partial charge on any atom is 0.433 e. The lowest BCUT2D eigenvalue weighted by Gasteiger charge is -2.23. The molecule has 0 spiro atoms. The lowest BCUT2D eigenvalue weighted by molar-refractivity contribution is -0.402. The average molecular weight is 320 g/mol. The summed E-state index contributed by atoms with van der Waals surface area (Å²) in [7, 11) is 0. The van der Waals surface area contributed by atoms with Gasteiger partial charge in [0.1, 0.15) is 4.92 Å². The van der Waals surface area contributed by atoms with Gasteiger partial charge >= 0.3 is 5.88 Å². The SMILES string of the molecule is O=C(N[C@@H](c1cccs1)C1CCCC1)c1ccc([N+](=O)[O-])o1. The number of rotatable bonds is 5. The van der Waals surface area contributed by atoms with Crippen LogP contribution < -0.4 is 5.32 Å². The normalized spacial score (nSPS) is 16.5. The molecule has 0 aliphatic heterocycles. The second kappa shape index (κ2) is 6.31. The Balaban J connectivity index is 1.77. The first-order valence-electron chi connectivity index (χ1n) is 7.23. The van der Waals surface area contributed by atoms with Gasteiger partial charge in [0.15, 0.2) is 5.76 Å². The van der Waals surface area contributed by atoms with Crippen LogP contribution in [-0.4, -0.2) is 10.8 Å². The topological polar surface area (TPSA) is 85.4 Å². The van der Waals surface area contributed by atoms with Crippen LogP contribution in [0.25, 0.3) is 0 Å². The van der Waals surface area contributed by atoms with Gasteiger partial charge in [0.05, 0.1) is 12.1 Å². The van der Waals surface area contributed by atoms with E-state index in [1.54, 1.807) is 11.3 Å². The zero-order chi connectivity index (χ0) is 15.5. The van der Waals surface area contributed by atoms with Gasteiger partial charge in [0.2, 0.25) is 0 Å². The molecule has 116 valence electrons. The minimum absolute atomic E-state index is 0.0220. The molecule has 6 nitrogen and oxygen atoms in total. The van der Waals surface area contributed by atoms with Crippen molar-refractivity contribution >= 4 is 23.1 Å². The van der Waals surface area contributed by atoms with E-state index in [1.807, 2.05) is 17.5 Å². The fourth-order valence-electron chi connectivity index (χ4n) is 2.94. The maximum absolute atomic E-state index is 12.3. The van der Waals surface area contributed by atoms with Gasteiger partial charge < -0.3 is 9.73 Å². The first-order valence-corrected chi connectivity index (χ1v) is 8.11. The van der Waals surface area contributed by atoms with Crippen molar-refractivity contribution in [3.8, 4) is 0 Å². The summed E-state index contributed by atoms with van der Waals surface area (Å²) in [4.78, 5) is 23.4. The summed E-state index contributed by atoms with van der Waals surface area (Å²) in [6, 6.07) is 6.46. The average Bonchev–Trinajstić information content (AvgIpc) is 3.26. The molecule has 0 unspecified atom stereocenters. The quantitative estimate of drug-likeness (QED) is 0.668. The summed E-state index contributed by atoms with van der Waals surface area (Å²) < 4.78 is 4.98. The molecule has 2 aromatic heterocycles. The minimum atomic E-state index is -0.648. The molecule has 1 amide bonds. The summed E-state index contributed by atoms with van der Waals surface area (Å²) in [5.74, 6) is -0.434. The van der Waals surface area contributed by atoms with Crippen molar-refractivity contribution in [1.82, 2.24) is 5.32 Å². The van der Waals surface area contributed by atoms with Crippen LogP contribution in [0.1, 0.15) is 47.2 Å². The highest BCUT2D eigenvalue weighted by atomic mass is 32.1. The van der Waals surface area contributed by atoms with Crippen LogP contribution in [0, 0.1) is 16.0 Å². The standard InChI is InChI=1S/C15H16N2O4S/c18-15(11-7-8-13(21-11)17(19)20)16-14(10-4-1-2-5-10)12-6-3-9-22-12/h3,6-10,14H,1-2,4-5H2,(H,16,18)/t14-/m1/s1. The van der Waals surface area contributed by atoms with E-state index in [1.165, 1.54) is 25.0 Å². The van der Waals surface area contributed by atoms with Crippen molar-refractivity contribution in [1.29, 1.82) is 0 Å². The number of furan rings is 1. The van der Waals surface area contributed by atoms with Crippen LogP contribution in [0.4, 0.5) is 5.88 Å². The van der Waals surface area contributed by atoms with E-state index < -0.39 is 16.7 Å². The first kappa shape index (κ1) is 14.8. The lowest BCUT2D eigenvalue weighted by Crippen LogP contribution is -2.32. The van der Waals surface area contributed by atoms with Gasteiger partial charge in [-0.25, -0.2) is 0 Å². The Labute approximate surface area is 131 Å². The van der Waals surface area contributed by atoms with Crippen molar-refractivity contribution in [3.05, 3.63) is 50.4 Å². The van der Waals surface area contributed by atoms with E-state index >= 15 is 0 Å². The Morgan fingerprint density at radius 2 is 2.14 bits per heavy atom. The largest absolute Gasteiger partial charge is 0.433 e. The van der Waals surface area contributed by atoms with Crippen LogP contribution in [0.5, 0.6) is 0 Å². The van der Waals surface area contributed by atoms with Gasteiger partial charge in [0.25, 0.3) is 5.91 Å². The highest BCUT2D eigenvalue weighted by molar-refractivity contribution is 7.10. The van der Waals surface area contributed by atoms with Crippen LogP contribution in [0.3, 0.4) is 0 Å². The molecule has 1 aliphatic carbocycles. The number of carbonyl (C=O) groups is 1. The van der Waals surface area contributed by atoms with Gasteiger partial charge in [-0.2, -0.15) is 0 Å². The van der Waals surface area contributed by atoms with E-state index in [0.717, 1.165) is 17.7 Å². The van der Waals surface area contributed by atoms with E-state index in [2.05, 4.69) is 5.32 Å². The first-order chi connectivity index (χ1) is 10.6. The molecule has 7 heteroatoms. The van der Waals surface area contributed by atoms with Crippen LogP contribution >= 0.6 is 11.3 Å². The number of thiophene rings is 1. The Kier molecular flexibility index (Phi) is 4.24. The third-order valence-electron chi connectivity index (χ3n) is 4.00. The molecular weight excluding hydrogens is 304 g/mol. The fourth-order valence-corrected chi connectivity index (χ4v) is 3.81. The van der Waals surface area contributed by atoms with Crippen molar-refractivity contribution in [2.24, 2.45) is 5.92 Å². The van der Waals surface area contributed by atoms with Crippen LogP contribution in [-0.2, 0) is 0 Å². The minimum Gasteiger partial charge on any atom is -0.395 e. The summed E-state index contributed by atoms with van der Waals surface area (Å²) >= 11 is 1.61. The van der Waals surface area contributed by atoms with E-state index in [9.17, 15) is 14.9 Å². The molecule has 22 heavy (non-hydrogen) atoms. The Hall–Kier alpha value is -2.15. The molecule has 1 atom stereocenters. The number of carbonyl (C=O) groups excluding carboxylic acids is 1. The van der Waals surface area contributed by atoms with Gasteiger partial charge in [-0.1, -0.05) is 18.9 Å². The zero-order valence-electron chi connectivity index (χ0n) is 11.9. The number of hydrogen-bond acceptors (Lipinski definition) is 5. The monoisotopic (exact) mass is 320 g/mol. The van der Waals surface area contributed by atoms with Crippen molar-refractivity contribution in [2.45, 2.75) is 31.7 Å². The summed E-state index contributed by atoms with van der Waals surface area (Å²) in [5.41, 5.74) is 0. The smallest absolute Gasteiger partial charge is 0.395 e. The second-order valence-corrected chi connectivity index (χ2v) is 6.39. The number of nitrogens with one attached hydrogen (secondary N) is 1. The molecule has 0 bridgehead atoms. The Morgan fingerprint density at radius 3 is 2.73 bits per heavy atom. The van der Waals surface area contributed by atoms with Gasteiger partial charge in [-0.05, 0) is 36.3 Å². The highest BCUT2D eigenvalue weighted by Crippen LogP contribution is 2.37. The summed E-state index contributed by atoms with van der Waals surface area (Å²) in [6.07, 6.45) is 4.52. The van der Waals surface area contributed by atoms with Gasteiger partial charge in [0, 0.05) is 4.88 Å². The predicted molar refractivity (Wildman–Crippen MR) is 81.8 cm³/mol. The molecule has 0 radical (unpaired) electrons. The molecule has 1 saturated carbocycles. The Morgan fingerprint density at radius 1 is 1.36 bits per heavy atom. The molecule has 0 aromatic carbocycles. The summed E-state index contributed by atoms with van der Waals surface area (Å²) in [5, 5.41) is 15.6. The molecule has 1 N–H and O–H groups in total. The number of nitro groups is 1. The van der Waals surface area contributed by atoms with Gasteiger partial charge in [-0.3, -0.25) is 14.9 Å². The fraction of sp³-hybridized carbons (Fsp3) is 0.400. The van der Waals surface area contributed by atoms with Crippen LogP contribution in [0.2, 0.25) is 0 Å².